The second-order valence-electron chi connectivity index (χ2n) is 4.92. The molecule has 18 heavy (non-hydrogen) atoms. The Bertz CT molecular complexity index is 417. The molecule has 100 valence electrons. The lowest BCUT2D eigenvalue weighted by molar-refractivity contribution is 0.227. The molecule has 0 heterocycles. The van der Waals surface area contributed by atoms with E-state index >= 15 is 0 Å². The van der Waals surface area contributed by atoms with Gasteiger partial charge in [-0.1, -0.05) is 15.9 Å². The van der Waals surface area contributed by atoms with E-state index < -0.39 is 0 Å². The van der Waals surface area contributed by atoms with Crippen LogP contribution >= 0.6 is 15.9 Å². The summed E-state index contributed by atoms with van der Waals surface area (Å²) in [5, 5.41) is 3.51. The van der Waals surface area contributed by atoms with Crippen molar-refractivity contribution in [3.63, 3.8) is 0 Å². The molecule has 0 spiro atoms. The minimum absolute atomic E-state index is 0.139. The highest BCUT2D eigenvalue weighted by molar-refractivity contribution is 9.10. The van der Waals surface area contributed by atoms with E-state index in [2.05, 4.69) is 27.3 Å². The second kappa shape index (κ2) is 5.93. The van der Waals surface area contributed by atoms with E-state index in [1.807, 2.05) is 19.9 Å². The summed E-state index contributed by atoms with van der Waals surface area (Å²) in [6.45, 7) is 4.88. The Hall–Kier alpha value is -0.740. The number of methoxy groups -OCH3 is 1. The number of benzene rings is 1. The molecule has 1 N–H and O–H groups in total. The minimum Gasteiger partial charge on any atom is -0.493 e. The molecule has 4 heteroatoms. The number of hydrogen-bond acceptors (Lipinski definition) is 3. The van der Waals surface area contributed by atoms with Gasteiger partial charge in [-0.2, -0.15) is 0 Å². The summed E-state index contributed by atoms with van der Waals surface area (Å²) in [4.78, 5) is 0. The smallest absolute Gasteiger partial charge is 0.166 e. The van der Waals surface area contributed by atoms with E-state index in [0.29, 0.717) is 6.04 Å². The molecule has 0 aromatic heterocycles. The predicted molar refractivity (Wildman–Crippen MR) is 76.3 cm³/mol. The standard InChI is InChI=1S/C14H20BrNO2/c1-9(2)18-14-10(8-16-12-4-5-12)6-11(15)7-13(14)17-3/h6-7,9,12,16H,4-5,8H2,1-3H3. The maximum absolute atomic E-state index is 5.89. The monoisotopic (exact) mass is 313 g/mol. The van der Waals surface area contributed by atoms with Crippen molar-refractivity contribution < 1.29 is 9.47 Å². The van der Waals surface area contributed by atoms with Crippen LogP contribution in [0, 0.1) is 0 Å². The van der Waals surface area contributed by atoms with Crippen LogP contribution in [-0.2, 0) is 6.54 Å². The van der Waals surface area contributed by atoms with Crippen LogP contribution in [0.4, 0.5) is 0 Å². The molecule has 0 unspecified atom stereocenters. The first-order valence-corrected chi connectivity index (χ1v) is 7.16. The van der Waals surface area contributed by atoms with Crippen molar-refractivity contribution in [1.29, 1.82) is 0 Å². The van der Waals surface area contributed by atoms with E-state index in [-0.39, 0.29) is 6.10 Å². The molecule has 1 aromatic rings. The molecule has 1 aromatic carbocycles. The fourth-order valence-electron chi connectivity index (χ4n) is 1.82. The van der Waals surface area contributed by atoms with Gasteiger partial charge in [-0.05, 0) is 38.8 Å². The first kappa shape index (κ1) is 13.7. The Labute approximate surface area is 117 Å². The van der Waals surface area contributed by atoms with Gasteiger partial charge >= 0.3 is 0 Å². The van der Waals surface area contributed by atoms with E-state index in [4.69, 9.17) is 9.47 Å². The van der Waals surface area contributed by atoms with Crippen LogP contribution in [0.5, 0.6) is 11.5 Å². The van der Waals surface area contributed by atoms with Gasteiger partial charge < -0.3 is 14.8 Å². The van der Waals surface area contributed by atoms with Gasteiger partial charge in [0.15, 0.2) is 11.5 Å². The van der Waals surface area contributed by atoms with Crippen molar-refractivity contribution in [2.75, 3.05) is 7.11 Å². The van der Waals surface area contributed by atoms with Gasteiger partial charge in [0.2, 0.25) is 0 Å². The molecular formula is C14H20BrNO2. The Morgan fingerprint density at radius 1 is 1.39 bits per heavy atom. The van der Waals surface area contributed by atoms with Crippen molar-refractivity contribution >= 4 is 15.9 Å². The van der Waals surface area contributed by atoms with Crippen LogP contribution < -0.4 is 14.8 Å². The van der Waals surface area contributed by atoms with Crippen LogP contribution in [-0.4, -0.2) is 19.3 Å². The largest absolute Gasteiger partial charge is 0.493 e. The zero-order valence-electron chi connectivity index (χ0n) is 11.1. The summed E-state index contributed by atoms with van der Waals surface area (Å²) in [5.41, 5.74) is 1.14. The molecule has 1 saturated carbocycles. The normalized spacial score (nSPS) is 14.9. The number of halogens is 1. The van der Waals surface area contributed by atoms with Crippen LogP contribution in [0.3, 0.4) is 0 Å². The maximum atomic E-state index is 5.89. The van der Waals surface area contributed by atoms with Crippen molar-refractivity contribution in [2.24, 2.45) is 0 Å². The Kier molecular flexibility index (Phi) is 4.51. The molecule has 1 aliphatic carbocycles. The summed E-state index contributed by atoms with van der Waals surface area (Å²) in [5.74, 6) is 1.63. The van der Waals surface area contributed by atoms with Crippen LogP contribution in [0.2, 0.25) is 0 Å². The zero-order chi connectivity index (χ0) is 13.1. The van der Waals surface area contributed by atoms with Gasteiger partial charge in [0.25, 0.3) is 0 Å². The van der Waals surface area contributed by atoms with Gasteiger partial charge in [-0.25, -0.2) is 0 Å². The Morgan fingerprint density at radius 3 is 2.67 bits per heavy atom. The lowest BCUT2D eigenvalue weighted by Crippen LogP contribution is -2.17. The summed E-state index contributed by atoms with van der Waals surface area (Å²) in [7, 11) is 1.67. The van der Waals surface area contributed by atoms with Gasteiger partial charge in [0.05, 0.1) is 13.2 Å². The van der Waals surface area contributed by atoms with Gasteiger partial charge in [0, 0.05) is 22.6 Å². The van der Waals surface area contributed by atoms with Crippen LogP contribution in [0.15, 0.2) is 16.6 Å². The van der Waals surface area contributed by atoms with Gasteiger partial charge in [-0.15, -0.1) is 0 Å². The number of nitrogens with one attached hydrogen (secondary N) is 1. The van der Waals surface area contributed by atoms with Crippen LogP contribution in [0.1, 0.15) is 32.3 Å². The van der Waals surface area contributed by atoms with Gasteiger partial charge in [-0.3, -0.25) is 0 Å². The molecular weight excluding hydrogens is 294 g/mol. The third-order valence-electron chi connectivity index (χ3n) is 2.83. The second-order valence-corrected chi connectivity index (χ2v) is 5.83. The fraction of sp³-hybridized carbons (Fsp3) is 0.571. The summed E-state index contributed by atoms with van der Waals surface area (Å²) in [6.07, 6.45) is 2.71. The minimum atomic E-state index is 0.139. The maximum Gasteiger partial charge on any atom is 0.166 e. The number of hydrogen-bond donors (Lipinski definition) is 1. The summed E-state index contributed by atoms with van der Waals surface area (Å²) >= 11 is 3.51. The van der Waals surface area contributed by atoms with Crippen molar-refractivity contribution in [1.82, 2.24) is 5.32 Å². The lowest BCUT2D eigenvalue weighted by atomic mass is 10.1. The summed E-state index contributed by atoms with van der Waals surface area (Å²) in [6, 6.07) is 4.72. The van der Waals surface area contributed by atoms with Crippen molar-refractivity contribution in [3.05, 3.63) is 22.2 Å². The van der Waals surface area contributed by atoms with Gasteiger partial charge in [0.1, 0.15) is 0 Å². The first-order chi connectivity index (χ1) is 8.60. The number of ether oxygens (including phenoxy) is 2. The molecule has 0 atom stereocenters. The third-order valence-corrected chi connectivity index (χ3v) is 3.29. The highest BCUT2D eigenvalue weighted by Crippen LogP contribution is 2.36. The Balaban J connectivity index is 2.23. The van der Waals surface area contributed by atoms with Crippen molar-refractivity contribution in [3.8, 4) is 11.5 Å². The fourth-order valence-corrected chi connectivity index (χ4v) is 2.30. The molecule has 3 nitrogen and oxygen atoms in total. The molecule has 0 aliphatic heterocycles. The van der Waals surface area contributed by atoms with Crippen molar-refractivity contribution in [2.45, 2.75) is 45.4 Å². The Morgan fingerprint density at radius 2 is 2.11 bits per heavy atom. The number of rotatable bonds is 6. The van der Waals surface area contributed by atoms with E-state index in [0.717, 1.165) is 28.1 Å². The van der Waals surface area contributed by atoms with E-state index in [9.17, 15) is 0 Å². The average molecular weight is 314 g/mol. The summed E-state index contributed by atoms with van der Waals surface area (Å²) < 4.78 is 12.3. The van der Waals surface area contributed by atoms with Crippen LogP contribution in [0.25, 0.3) is 0 Å². The zero-order valence-corrected chi connectivity index (χ0v) is 12.7. The first-order valence-electron chi connectivity index (χ1n) is 6.36. The molecule has 2 rings (SSSR count). The van der Waals surface area contributed by atoms with E-state index in [1.165, 1.54) is 12.8 Å². The van der Waals surface area contributed by atoms with E-state index in [1.54, 1.807) is 7.11 Å². The average Bonchev–Trinajstić information content (AvgIpc) is 3.12. The molecule has 0 bridgehead atoms. The quantitative estimate of drug-likeness (QED) is 0.872. The molecule has 0 radical (unpaired) electrons. The SMILES string of the molecule is COc1cc(Br)cc(CNC2CC2)c1OC(C)C. The lowest BCUT2D eigenvalue weighted by Gasteiger charge is -2.18. The third kappa shape index (κ3) is 3.62. The molecule has 1 aliphatic rings. The topological polar surface area (TPSA) is 30.5 Å². The highest BCUT2D eigenvalue weighted by atomic mass is 79.9. The predicted octanol–water partition coefficient (Wildman–Crippen LogP) is 3.50. The molecule has 0 amide bonds. The highest BCUT2D eigenvalue weighted by Gasteiger charge is 2.22. The molecule has 1 fully saturated rings. The molecule has 0 saturated heterocycles.